The standard InChI is InChI=1S/C19H14N6/c1-24-11-9-15(23-24)14-6-5-13-7-8-16(20-17(13)12-14)19-22-21-18-4-2-3-10-25(18)19/h2-12H,1H3. The van der Waals surface area contributed by atoms with Crippen LogP contribution >= 0.6 is 0 Å². The minimum Gasteiger partial charge on any atom is -0.281 e. The van der Waals surface area contributed by atoms with Crippen molar-refractivity contribution in [3.8, 4) is 22.8 Å². The molecule has 4 aromatic heterocycles. The summed E-state index contributed by atoms with van der Waals surface area (Å²) < 4.78 is 3.74. The number of hydrogen-bond donors (Lipinski definition) is 0. The third-order valence-electron chi connectivity index (χ3n) is 4.24. The molecule has 0 fully saturated rings. The molecule has 0 radical (unpaired) electrons. The maximum Gasteiger partial charge on any atom is 0.187 e. The average Bonchev–Trinajstić information content (AvgIpc) is 3.27. The van der Waals surface area contributed by atoms with Crippen LogP contribution in [0.1, 0.15) is 0 Å². The van der Waals surface area contributed by atoms with E-state index in [9.17, 15) is 0 Å². The second-order valence-electron chi connectivity index (χ2n) is 5.93. The number of pyridine rings is 2. The highest BCUT2D eigenvalue weighted by Gasteiger charge is 2.10. The summed E-state index contributed by atoms with van der Waals surface area (Å²) >= 11 is 0. The Labute approximate surface area is 143 Å². The SMILES string of the molecule is Cn1ccc(-c2ccc3ccc(-c4nnc5ccccn45)nc3c2)n1. The number of fused-ring (bicyclic) bond motifs is 2. The summed E-state index contributed by atoms with van der Waals surface area (Å²) in [6, 6.07) is 18.1. The van der Waals surface area contributed by atoms with Gasteiger partial charge in [0.15, 0.2) is 11.5 Å². The Kier molecular flexibility index (Phi) is 2.90. The van der Waals surface area contributed by atoms with Gasteiger partial charge in [0.2, 0.25) is 0 Å². The van der Waals surface area contributed by atoms with Gasteiger partial charge in [-0.05, 0) is 30.3 Å². The fraction of sp³-hybridized carbons (Fsp3) is 0.0526. The van der Waals surface area contributed by atoms with E-state index in [0.29, 0.717) is 0 Å². The molecule has 0 unspecified atom stereocenters. The van der Waals surface area contributed by atoms with Gasteiger partial charge in [0, 0.05) is 30.4 Å². The van der Waals surface area contributed by atoms with Crippen molar-refractivity contribution in [2.75, 3.05) is 0 Å². The van der Waals surface area contributed by atoms with E-state index in [-0.39, 0.29) is 0 Å². The molecule has 0 N–H and O–H groups in total. The van der Waals surface area contributed by atoms with Gasteiger partial charge in [0.05, 0.1) is 11.2 Å². The molecule has 0 aliphatic carbocycles. The predicted molar refractivity (Wildman–Crippen MR) is 95.9 cm³/mol. The van der Waals surface area contributed by atoms with Crippen LogP contribution in [0.3, 0.4) is 0 Å². The zero-order valence-electron chi connectivity index (χ0n) is 13.5. The lowest BCUT2D eigenvalue weighted by Gasteiger charge is -2.04. The van der Waals surface area contributed by atoms with Crippen molar-refractivity contribution in [2.45, 2.75) is 0 Å². The van der Waals surface area contributed by atoms with E-state index in [1.165, 1.54) is 0 Å². The summed E-state index contributed by atoms with van der Waals surface area (Å²) in [6.45, 7) is 0. The fourth-order valence-electron chi connectivity index (χ4n) is 2.99. The van der Waals surface area contributed by atoms with Crippen LogP contribution in [0.25, 0.3) is 39.3 Å². The molecule has 6 nitrogen and oxygen atoms in total. The molecule has 0 spiro atoms. The molecule has 1 aromatic carbocycles. The molecule has 6 heteroatoms. The minimum atomic E-state index is 0.737. The second kappa shape index (κ2) is 5.24. The molecule has 25 heavy (non-hydrogen) atoms. The van der Waals surface area contributed by atoms with Gasteiger partial charge >= 0.3 is 0 Å². The van der Waals surface area contributed by atoms with Crippen molar-refractivity contribution in [3.63, 3.8) is 0 Å². The number of benzene rings is 1. The monoisotopic (exact) mass is 326 g/mol. The highest BCUT2D eigenvalue weighted by molar-refractivity contribution is 5.85. The summed E-state index contributed by atoms with van der Waals surface area (Å²) in [5.41, 5.74) is 4.49. The molecule has 0 aliphatic heterocycles. The Morgan fingerprint density at radius 1 is 0.840 bits per heavy atom. The van der Waals surface area contributed by atoms with Crippen LogP contribution in [0.5, 0.6) is 0 Å². The first-order valence-corrected chi connectivity index (χ1v) is 7.99. The van der Waals surface area contributed by atoms with Gasteiger partial charge in [-0.15, -0.1) is 10.2 Å². The molecule has 0 saturated carbocycles. The highest BCUT2D eigenvalue weighted by Crippen LogP contribution is 2.25. The Morgan fingerprint density at radius 2 is 1.76 bits per heavy atom. The van der Waals surface area contributed by atoms with Crippen LogP contribution in [-0.2, 0) is 7.05 Å². The lowest BCUT2D eigenvalue weighted by Crippen LogP contribution is -1.92. The van der Waals surface area contributed by atoms with Crippen molar-refractivity contribution >= 4 is 16.6 Å². The molecule has 0 atom stereocenters. The van der Waals surface area contributed by atoms with Crippen LogP contribution < -0.4 is 0 Å². The van der Waals surface area contributed by atoms with E-state index in [0.717, 1.165) is 39.3 Å². The zero-order valence-corrected chi connectivity index (χ0v) is 13.5. The number of nitrogens with zero attached hydrogens (tertiary/aromatic N) is 6. The first kappa shape index (κ1) is 13.9. The molecule has 120 valence electrons. The van der Waals surface area contributed by atoms with Crippen molar-refractivity contribution < 1.29 is 0 Å². The molecule has 0 aliphatic rings. The Morgan fingerprint density at radius 3 is 2.64 bits per heavy atom. The summed E-state index contributed by atoms with van der Waals surface area (Å²) in [5.74, 6) is 0.737. The van der Waals surface area contributed by atoms with Gasteiger partial charge in [-0.2, -0.15) is 5.10 Å². The summed E-state index contributed by atoms with van der Waals surface area (Å²) in [4.78, 5) is 4.80. The lowest BCUT2D eigenvalue weighted by atomic mass is 10.1. The van der Waals surface area contributed by atoms with Crippen LogP contribution in [0.2, 0.25) is 0 Å². The molecular formula is C19H14N6. The van der Waals surface area contributed by atoms with Crippen LogP contribution in [-0.4, -0.2) is 29.4 Å². The number of aryl methyl sites for hydroxylation is 1. The van der Waals surface area contributed by atoms with E-state index in [1.807, 2.05) is 54.2 Å². The van der Waals surface area contributed by atoms with Crippen molar-refractivity contribution in [1.29, 1.82) is 0 Å². The molecule has 4 heterocycles. The summed E-state index contributed by atoms with van der Waals surface area (Å²) in [5, 5.41) is 14.0. The number of rotatable bonds is 2. The number of aromatic nitrogens is 6. The van der Waals surface area contributed by atoms with Crippen LogP contribution in [0.4, 0.5) is 0 Å². The smallest absolute Gasteiger partial charge is 0.187 e. The Balaban J connectivity index is 1.67. The van der Waals surface area contributed by atoms with Crippen molar-refractivity contribution in [3.05, 3.63) is 67.0 Å². The maximum absolute atomic E-state index is 4.80. The van der Waals surface area contributed by atoms with E-state index in [1.54, 1.807) is 4.68 Å². The van der Waals surface area contributed by atoms with E-state index >= 15 is 0 Å². The quantitative estimate of drug-likeness (QED) is 0.499. The summed E-state index contributed by atoms with van der Waals surface area (Å²) in [7, 11) is 1.91. The summed E-state index contributed by atoms with van der Waals surface area (Å²) in [6.07, 6.45) is 3.88. The molecule has 0 bridgehead atoms. The van der Waals surface area contributed by atoms with Crippen LogP contribution in [0, 0.1) is 0 Å². The normalized spacial score (nSPS) is 11.4. The van der Waals surface area contributed by atoms with Gasteiger partial charge in [0.1, 0.15) is 5.69 Å². The molecule has 5 aromatic rings. The largest absolute Gasteiger partial charge is 0.281 e. The van der Waals surface area contributed by atoms with Crippen molar-refractivity contribution in [1.82, 2.24) is 29.4 Å². The predicted octanol–water partition coefficient (Wildman–Crippen LogP) is 3.35. The molecule has 0 amide bonds. The van der Waals surface area contributed by atoms with Gasteiger partial charge in [0.25, 0.3) is 0 Å². The molecular weight excluding hydrogens is 312 g/mol. The highest BCUT2D eigenvalue weighted by atomic mass is 15.3. The maximum atomic E-state index is 4.80. The van der Waals surface area contributed by atoms with Crippen LogP contribution in [0.15, 0.2) is 67.0 Å². The zero-order chi connectivity index (χ0) is 16.8. The Bertz CT molecular complexity index is 1220. The Hall–Kier alpha value is -3.54. The first-order chi connectivity index (χ1) is 12.3. The lowest BCUT2D eigenvalue weighted by molar-refractivity contribution is 0.771. The average molecular weight is 326 g/mol. The second-order valence-corrected chi connectivity index (χ2v) is 5.93. The third-order valence-corrected chi connectivity index (χ3v) is 4.24. The van der Waals surface area contributed by atoms with Gasteiger partial charge in [-0.25, -0.2) is 4.98 Å². The first-order valence-electron chi connectivity index (χ1n) is 7.99. The van der Waals surface area contributed by atoms with E-state index in [4.69, 9.17) is 4.98 Å². The van der Waals surface area contributed by atoms with Crippen molar-refractivity contribution in [2.24, 2.45) is 7.05 Å². The van der Waals surface area contributed by atoms with Gasteiger partial charge in [-0.3, -0.25) is 9.08 Å². The molecule has 5 rings (SSSR count). The molecule has 0 saturated heterocycles. The van der Waals surface area contributed by atoms with E-state index < -0.39 is 0 Å². The van der Waals surface area contributed by atoms with E-state index in [2.05, 4.69) is 39.6 Å². The topological polar surface area (TPSA) is 60.9 Å². The fourth-order valence-corrected chi connectivity index (χ4v) is 2.99. The van der Waals surface area contributed by atoms with Gasteiger partial charge in [-0.1, -0.05) is 24.3 Å². The number of hydrogen-bond acceptors (Lipinski definition) is 4. The van der Waals surface area contributed by atoms with Gasteiger partial charge < -0.3 is 0 Å². The third kappa shape index (κ3) is 2.27. The minimum absolute atomic E-state index is 0.737.